The fourth-order valence-corrected chi connectivity index (χ4v) is 5.61. The molecule has 188 valence electrons. The van der Waals surface area contributed by atoms with E-state index in [4.69, 9.17) is 9.47 Å². The van der Waals surface area contributed by atoms with E-state index in [1.165, 1.54) is 18.2 Å². The molecule has 4 N–H and O–H groups in total. The van der Waals surface area contributed by atoms with Gasteiger partial charge in [0.25, 0.3) is 5.91 Å². The van der Waals surface area contributed by atoms with E-state index < -0.39 is 12.3 Å². The molecule has 0 saturated carbocycles. The minimum atomic E-state index is -1.03. The Bertz CT molecular complexity index is 1010. The molecule has 0 spiro atoms. The van der Waals surface area contributed by atoms with Crippen molar-refractivity contribution in [3.05, 3.63) is 64.7 Å². The normalized spacial score (nSPS) is 23.2. The van der Waals surface area contributed by atoms with Crippen LogP contribution in [0.15, 0.2) is 42.5 Å². The summed E-state index contributed by atoms with van der Waals surface area (Å²) in [4.78, 5) is 15.1. The van der Waals surface area contributed by atoms with Crippen LogP contribution in [0.1, 0.15) is 46.1 Å². The number of nitrogens with one attached hydrogen (secondary N) is 2. The Kier molecular flexibility index (Phi) is 7.36. The van der Waals surface area contributed by atoms with E-state index >= 15 is 0 Å². The number of hydrogen-bond donors (Lipinski definition) is 4. The Balaban J connectivity index is 1.14. The third-order valence-corrected chi connectivity index (χ3v) is 7.49. The largest absolute Gasteiger partial charge is 0.496 e. The number of methoxy groups -OCH3 is 1. The highest BCUT2D eigenvalue weighted by molar-refractivity contribution is 5.95. The lowest BCUT2D eigenvalue weighted by atomic mass is 10.1. The van der Waals surface area contributed by atoms with Gasteiger partial charge in [-0.15, -0.1) is 0 Å². The van der Waals surface area contributed by atoms with Gasteiger partial charge in [0.2, 0.25) is 0 Å². The summed E-state index contributed by atoms with van der Waals surface area (Å²) < 4.78 is 11.1. The van der Waals surface area contributed by atoms with Crippen LogP contribution in [-0.2, 0) is 17.6 Å². The fraction of sp³-hybridized carbons (Fsp3) is 0.519. The average Bonchev–Trinajstić information content (AvgIpc) is 3.41. The molecule has 0 radical (unpaired) electrons. The number of carbonyl (C=O) groups excluding carboxylic acids is 1. The summed E-state index contributed by atoms with van der Waals surface area (Å²) in [5, 5.41) is 27.6. The Labute approximate surface area is 206 Å². The molecular weight excluding hydrogens is 446 g/mol. The first-order valence-electron chi connectivity index (χ1n) is 12.5. The standard InChI is InChI=1S/C27H35N3O5/c1-34-25-12-19(27(33)30-21-7-8-22(30)16-35-15-21)6-9-24(25)26(32)29-14-23(31)13-28-20-10-17-4-2-3-5-18(17)11-20/h2-6,9,12,20-23,26,28-29,31-32H,7-8,10-11,13-16H2,1H3/t21?,22?,23-,26?/m0/s1. The number of aliphatic hydroxyl groups excluding tert-OH is 2. The molecule has 4 atom stereocenters. The number of amides is 1. The van der Waals surface area contributed by atoms with E-state index in [1.807, 2.05) is 4.90 Å². The second-order valence-corrected chi connectivity index (χ2v) is 9.84. The van der Waals surface area contributed by atoms with E-state index in [-0.39, 0.29) is 24.5 Å². The van der Waals surface area contributed by atoms with Gasteiger partial charge < -0.3 is 29.9 Å². The molecular formula is C27H35N3O5. The molecule has 2 saturated heterocycles. The summed E-state index contributed by atoms with van der Waals surface area (Å²) in [6.45, 7) is 1.83. The van der Waals surface area contributed by atoms with Crippen LogP contribution in [0.4, 0.5) is 0 Å². The van der Waals surface area contributed by atoms with Crippen molar-refractivity contribution in [3.63, 3.8) is 0 Å². The van der Waals surface area contributed by atoms with Crippen molar-refractivity contribution in [2.45, 2.75) is 56.1 Å². The number of morpholine rings is 1. The summed E-state index contributed by atoms with van der Waals surface area (Å²) in [6.07, 6.45) is 2.19. The van der Waals surface area contributed by atoms with Crippen molar-refractivity contribution in [3.8, 4) is 5.75 Å². The Morgan fingerprint density at radius 3 is 2.43 bits per heavy atom. The number of fused-ring (bicyclic) bond motifs is 3. The second-order valence-electron chi connectivity index (χ2n) is 9.84. The molecule has 8 heteroatoms. The number of aliphatic hydroxyl groups is 2. The van der Waals surface area contributed by atoms with Crippen molar-refractivity contribution < 1.29 is 24.5 Å². The van der Waals surface area contributed by atoms with Gasteiger partial charge in [-0.3, -0.25) is 10.1 Å². The molecule has 3 unspecified atom stereocenters. The molecule has 35 heavy (non-hydrogen) atoms. The number of ether oxygens (including phenoxy) is 2. The lowest BCUT2D eigenvalue weighted by Gasteiger charge is -2.34. The first kappa shape index (κ1) is 24.2. The molecule has 2 heterocycles. The molecule has 2 aromatic carbocycles. The predicted molar refractivity (Wildman–Crippen MR) is 131 cm³/mol. The smallest absolute Gasteiger partial charge is 0.254 e. The van der Waals surface area contributed by atoms with Crippen LogP contribution in [0, 0.1) is 0 Å². The molecule has 2 aliphatic heterocycles. The third kappa shape index (κ3) is 5.22. The third-order valence-electron chi connectivity index (χ3n) is 7.49. The zero-order valence-corrected chi connectivity index (χ0v) is 20.2. The van der Waals surface area contributed by atoms with E-state index in [1.54, 1.807) is 18.2 Å². The number of rotatable bonds is 9. The van der Waals surface area contributed by atoms with Gasteiger partial charge in [0.1, 0.15) is 12.0 Å². The van der Waals surface area contributed by atoms with Gasteiger partial charge in [-0.25, -0.2) is 0 Å². The highest BCUT2D eigenvalue weighted by atomic mass is 16.5. The minimum absolute atomic E-state index is 0.0244. The maximum absolute atomic E-state index is 13.2. The first-order chi connectivity index (χ1) is 17.0. The number of hydrogen-bond acceptors (Lipinski definition) is 7. The molecule has 1 amide bonds. The zero-order valence-electron chi connectivity index (χ0n) is 20.2. The van der Waals surface area contributed by atoms with Gasteiger partial charge in [-0.05, 0) is 48.9 Å². The average molecular weight is 482 g/mol. The second kappa shape index (κ2) is 10.6. The van der Waals surface area contributed by atoms with E-state index in [2.05, 4.69) is 34.9 Å². The fourth-order valence-electron chi connectivity index (χ4n) is 5.61. The van der Waals surface area contributed by atoms with Crippen molar-refractivity contribution in [1.29, 1.82) is 0 Å². The Hall–Kier alpha value is -2.49. The zero-order chi connectivity index (χ0) is 24.4. The number of benzene rings is 2. The minimum Gasteiger partial charge on any atom is -0.496 e. The van der Waals surface area contributed by atoms with Gasteiger partial charge in [-0.1, -0.05) is 30.3 Å². The Morgan fingerprint density at radius 2 is 1.77 bits per heavy atom. The summed E-state index contributed by atoms with van der Waals surface area (Å²) in [5.74, 6) is 0.413. The SMILES string of the molecule is COc1cc(C(=O)N2C3CCC2COC3)ccc1C(O)NC[C@@H](O)CNC1Cc2ccccc2C1. The Morgan fingerprint density at radius 1 is 1.09 bits per heavy atom. The van der Waals surface area contributed by atoms with E-state index in [9.17, 15) is 15.0 Å². The van der Waals surface area contributed by atoms with Gasteiger partial charge in [0.05, 0.1) is 38.5 Å². The maximum Gasteiger partial charge on any atom is 0.254 e. The molecule has 1 aliphatic carbocycles. The van der Waals surface area contributed by atoms with Crippen LogP contribution in [0.2, 0.25) is 0 Å². The van der Waals surface area contributed by atoms with E-state index in [0.717, 1.165) is 25.7 Å². The molecule has 5 rings (SSSR count). The molecule has 2 fully saturated rings. The first-order valence-corrected chi connectivity index (χ1v) is 12.5. The van der Waals surface area contributed by atoms with Crippen molar-refractivity contribution >= 4 is 5.91 Å². The van der Waals surface area contributed by atoms with Crippen molar-refractivity contribution in [2.24, 2.45) is 0 Å². The highest BCUT2D eigenvalue weighted by Gasteiger charge is 2.40. The van der Waals surface area contributed by atoms with Gasteiger partial charge in [0.15, 0.2) is 0 Å². The number of nitrogens with zero attached hydrogens (tertiary/aromatic N) is 1. The van der Waals surface area contributed by atoms with Crippen LogP contribution in [0.25, 0.3) is 0 Å². The van der Waals surface area contributed by atoms with Crippen LogP contribution >= 0.6 is 0 Å². The number of carbonyl (C=O) groups is 1. The van der Waals surface area contributed by atoms with Gasteiger partial charge >= 0.3 is 0 Å². The maximum atomic E-state index is 13.2. The van der Waals surface area contributed by atoms with Gasteiger partial charge in [0, 0.05) is 30.3 Å². The summed E-state index contributed by atoms with van der Waals surface area (Å²) in [6, 6.07) is 14.1. The highest BCUT2D eigenvalue weighted by Crippen LogP contribution is 2.32. The van der Waals surface area contributed by atoms with Gasteiger partial charge in [-0.2, -0.15) is 0 Å². The topological polar surface area (TPSA) is 103 Å². The lowest BCUT2D eigenvalue weighted by Crippen LogP contribution is -2.49. The predicted octanol–water partition coefficient (Wildman–Crippen LogP) is 1.40. The monoisotopic (exact) mass is 481 g/mol. The molecule has 3 aliphatic rings. The summed E-state index contributed by atoms with van der Waals surface area (Å²) in [5.41, 5.74) is 3.80. The summed E-state index contributed by atoms with van der Waals surface area (Å²) >= 11 is 0. The van der Waals surface area contributed by atoms with Crippen LogP contribution in [-0.4, -0.2) is 78.7 Å². The molecule has 2 aromatic rings. The van der Waals surface area contributed by atoms with Crippen molar-refractivity contribution in [2.75, 3.05) is 33.4 Å². The molecule has 8 nitrogen and oxygen atoms in total. The van der Waals surface area contributed by atoms with E-state index in [0.29, 0.717) is 42.7 Å². The quantitative estimate of drug-likeness (QED) is 0.402. The van der Waals surface area contributed by atoms with Crippen LogP contribution in [0.5, 0.6) is 5.75 Å². The van der Waals surface area contributed by atoms with Crippen LogP contribution < -0.4 is 15.4 Å². The molecule has 0 aromatic heterocycles. The lowest BCUT2D eigenvalue weighted by molar-refractivity contribution is -0.00718. The molecule has 2 bridgehead atoms. The summed E-state index contributed by atoms with van der Waals surface area (Å²) in [7, 11) is 1.52. The van der Waals surface area contributed by atoms with Crippen molar-refractivity contribution in [1.82, 2.24) is 15.5 Å². The van der Waals surface area contributed by atoms with Crippen LogP contribution in [0.3, 0.4) is 0 Å².